The third-order valence-corrected chi connectivity index (χ3v) is 6.48. The molecule has 0 heterocycles. The van der Waals surface area contributed by atoms with Crippen molar-refractivity contribution in [3.05, 3.63) is 0 Å². The molecule has 0 amide bonds. The summed E-state index contributed by atoms with van der Waals surface area (Å²) in [5, 5.41) is 0. The minimum atomic E-state index is 0.874. The third-order valence-electron chi connectivity index (χ3n) is 5.63. The van der Waals surface area contributed by atoms with Gasteiger partial charge in [-0.2, -0.15) is 0 Å². The zero-order chi connectivity index (χ0) is 19.0. The highest BCUT2D eigenvalue weighted by atomic mass is 31.1. The normalized spacial score (nSPS) is 11.8. The molecule has 2 N–H and O–H groups in total. The van der Waals surface area contributed by atoms with Gasteiger partial charge in [-0.25, -0.2) is 0 Å². The summed E-state index contributed by atoms with van der Waals surface area (Å²) in [6, 6.07) is 0. The molecule has 1 atom stereocenters. The molecule has 0 saturated carbocycles. The van der Waals surface area contributed by atoms with Crippen molar-refractivity contribution in [1.82, 2.24) is 0 Å². The fourth-order valence-corrected chi connectivity index (χ4v) is 4.41. The lowest BCUT2D eigenvalue weighted by Gasteiger charge is -2.04. The molecule has 0 aliphatic rings. The molecule has 0 spiro atoms. The second-order valence-corrected chi connectivity index (χ2v) is 9.52. The molecule has 0 rings (SSSR count). The fourth-order valence-electron chi connectivity index (χ4n) is 3.80. The average Bonchev–Trinajstić information content (AvgIpc) is 2.66. The number of rotatable bonds is 23. The van der Waals surface area contributed by atoms with Crippen LogP contribution in [0, 0.1) is 0 Å². The third kappa shape index (κ3) is 24.4. The SMILES string of the molecule is CPCCCCCCCCCCCCCCCCCCCCCCCN. The summed E-state index contributed by atoms with van der Waals surface area (Å²) >= 11 is 0. The number of unbranched alkanes of at least 4 members (excludes halogenated alkanes) is 20. The van der Waals surface area contributed by atoms with Gasteiger partial charge in [-0.3, -0.25) is 0 Å². The Labute approximate surface area is 168 Å². The van der Waals surface area contributed by atoms with E-state index in [9.17, 15) is 0 Å². The van der Waals surface area contributed by atoms with Crippen molar-refractivity contribution in [2.45, 2.75) is 135 Å². The van der Waals surface area contributed by atoms with Crippen molar-refractivity contribution in [3.8, 4) is 0 Å². The minimum absolute atomic E-state index is 0.874. The molecule has 0 aliphatic carbocycles. The van der Waals surface area contributed by atoms with Gasteiger partial charge in [0, 0.05) is 0 Å². The van der Waals surface area contributed by atoms with Crippen LogP contribution in [0.2, 0.25) is 0 Å². The van der Waals surface area contributed by atoms with Gasteiger partial charge in [-0.15, -0.1) is 8.58 Å². The fraction of sp³-hybridized carbons (Fsp3) is 1.00. The van der Waals surface area contributed by atoms with E-state index < -0.39 is 0 Å². The summed E-state index contributed by atoms with van der Waals surface area (Å²) < 4.78 is 0. The average molecular weight is 386 g/mol. The van der Waals surface area contributed by atoms with Crippen LogP contribution in [0.15, 0.2) is 0 Å². The number of hydrogen-bond donors (Lipinski definition) is 1. The molecule has 0 aliphatic heterocycles. The summed E-state index contributed by atoms with van der Waals surface area (Å²) in [5.41, 5.74) is 5.52. The summed E-state index contributed by atoms with van der Waals surface area (Å²) in [6.07, 6.45) is 32.0. The number of hydrogen-bond acceptors (Lipinski definition) is 1. The van der Waals surface area contributed by atoms with Gasteiger partial charge in [0.2, 0.25) is 0 Å². The van der Waals surface area contributed by atoms with E-state index in [4.69, 9.17) is 5.73 Å². The number of nitrogens with two attached hydrogens (primary N) is 1. The van der Waals surface area contributed by atoms with E-state index in [1.54, 1.807) is 0 Å². The highest BCUT2D eigenvalue weighted by Crippen LogP contribution is 2.15. The monoisotopic (exact) mass is 385 g/mol. The van der Waals surface area contributed by atoms with Crippen LogP contribution in [0.25, 0.3) is 0 Å². The first-order valence-corrected chi connectivity index (χ1v) is 14.0. The Bertz CT molecular complexity index is 208. The van der Waals surface area contributed by atoms with Gasteiger partial charge in [0.05, 0.1) is 0 Å². The lowest BCUT2D eigenvalue weighted by atomic mass is 10.0. The summed E-state index contributed by atoms with van der Waals surface area (Å²) in [7, 11) is 1.16. The maximum atomic E-state index is 5.52. The predicted octanol–water partition coefficient (Wildman–Crippen LogP) is 8.45. The van der Waals surface area contributed by atoms with E-state index in [0.717, 1.165) is 15.1 Å². The minimum Gasteiger partial charge on any atom is -0.330 e. The first-order chi connectivity index (χ1) is 12.9. The molecule has 0 saturated heterocycles. The van der Waals surface area contributed by atoms with Gasteiger partial charge in [0.15, 0.2) is 0 Å². The molecule has 0 radical (unpaired) electrons. The summed E-state index contributed by atoms with van der Waals surface area (Å²) in [5.74, 6) is 0. The standard InChI is InChI=1S/C24H52NP/c1-26-24-22-20-18-16-14-12-10-8-6-4-2-3-5-7-9-11-13-15-17-19-21-23-25/h26H,2-25H2,1H3. The molecular formula is C24H52NP. The Morgan fingerprint density at radius 1 is 0.385 bits per heavy atom. The second kappa shape index (κ2) is 25.4. The highest BCUT2D eigenvalue weighted by Gasteiger charge is 1.95. The highest BCUT2D eigenvalue weighted by molar-refractivity contribution is 7.36. The van der Waals surface area contributed by atoms with Crippen LogP contribution in [0.3, 0.4) is 0 Å². The molecule has 0 aromatic heterocycles. The van der Waals surface area contributed by atoms with Gasteiger partial charge >= 0.3 is 0 Å². The zero-order valence-electron chi connectivity index (χ0n) is 18.3. The van der Waals surface area contributed by atoms with Crippen LogP contribution in [0.1, 0.15) is 135 Å². The molecule has 1 nitrogen and oxygen atoms in total. The van der Waals surface area contributed by atoms with E-state index in [1.807, 2.05) is 0 Å². The van der Waals surface area contributed by atoms with E-state index >= 15 is 0 Å². The van der Waals surface area contributed by atoms with Gasteiger partial charge in [-0.1, -0.05) is 122 Å². The quantitative estimate of drug-likeness (QED) is 0.138. The van der Waals surface area contributed by atoms with Crippen LogP contribution >= 0.6 is 8.58 Å². The summed E-state index contributed by atoms with van der Waals surface area (Å²) in [4.78, 5) is 0. The molecule has 0 aromatic carbocycles. The smallest absolute Gasteiger partial charge is 0.00773 e. The van der Waals surface area contributed by atoms with Crippen molar-refractivity contribution < 1.29 is 0 Å². The predicted molar refractivity (Wildman–Crippen MR) is 125 cm³/mol. The van der Waals surface area contributed by atoms with Crippen molar-refractivity contribution >= 4 is 8.58 Å². The topological polar surface area (TPSA) is 26.0 Å². The lowest BCUT2D eigenvalue weighted by molar-refractivity contribution is 0.521. The van der Waals surface area contributed by atoms with Crippen LogP contribution in [-0.2, 0) is 0 Å². The van der Waals surface area contributed by atoms with Gasteiger partial charge < -0.3 is 5.73 Å². The Morgan fingerprint density at radius 3 is 0.846 bits per heavy atom. The second-order valence-electron chi connectivity index (χ2n) is 8.32. The van der Waals surface area contributed by atoms with E-state index in [2.05, 4.69) is 6.66 Å². The molecular weight excluding hydrogens is 333 g/mol. The zero-order valence-corrected chi connectivity index (χ0v) is 19.3. The first kappa shape index (κ1) is 26.4. The van der Waals surface area contributed by atoms with Crippen molar-refractivity contribution in [1.29, 1.82) is 0 Å². The van der Waals surface area contributed by atoms with Crippen LogP contribution in [0.5, 0.6) is 0 Å². The van der Waals surface area contributed by atoms with E-state index in [0.29, 0.717) is 0 Å². The Hall–Kier alpha value is 0.390. The Kier molecular flexibility index (Phi) is 25.8. The maximum Gasteiger partial charge on any atom is -0.00773 e. The molecule has 0 bridgehead atoms. The Morgan fingerprint density at radius 2 is 0.615 bits per heavy atom. The molecule has 26 heavy (non-hydrogen) atoms. The van der Waals surface area contributed by atoms with Crippen molar-refractivity contribution in [3.63, 3.8) is 0 Å². The molecule has 0 aromatic rings. The molecule has 2 heteroatoms. The van der Waals surface area contributed by atoms with E-state index in [-0.39, 0.29) is 0 Å². The summed E-state index contributed by atoms with van der Waals surface area (Å²) in [6.45, 7) is 3.20. The molecule has 0 fully saturated rings. The van der Waals surface area contributed by atoms with Crippen molar-refractivity contribution in [2.24, 2.45) is 5.73 Å². The maximum absolute atomic E-state index is 5.52. The van der Waals surface area contributed by atoms with Gasteiger partial charge in [-0.05, 0) is 32.2 Å². The van der Waals surface area contributed by atoms with Gasteiger partial charge in [0.1, 0.15) is 0 Å². The van der Waals surface area contributed by atoms with Crippen LogP contribution in [0.4, 0.5) is 0 Å². The molecule has 158 valence electrons. The van der Waals surface area contributed by atoms with Crippen LogP contribution in [-0.4, -0.2) is 19.4 Å². The lowest BCUT2D eigenvalue weighted by Crippen LogP contribution is -1.97. The van der Waals surface area contributed by atoms with Crippen LogP contribution < -0.4 is 5.73 Å². The largest absolute Gasteiger partial charge is 0.330 e. The molecule has 1 unspecified atom stereocenters. The van der Waals surface area contributed by atoms with Gasteiger partial charge in [0.25, 0.3) is 0 Å². The van der Waals surface area contributed by atoms with Crippen molar-refractivity contribution in [2.75, 3.05) is 19.4 Å². The van der Waals surface area contributed by atoms with E-state index in [1.165, 1.54) is 141 Å². The Balaban J connectivity index is 2.95. The first-order valence-electron chi connectivity index (χ1n) is 12.3.